The third-order valence-electron chi connectivity index (χ3n) is 8.05. The Bertz CT molecular complexity index is 1510. The van der Waals surface area contributed by atoms with Crippen LogP contribution in [-0.4, -0.2) is 85.8 Å². The first-order chi connectivity index (χ1) is 19.1. The molecule has 9 nitrogen and oxygen atoms in total. The molecule has 3 heterocycles. The average molecular weight is 584 g/mol. The molecule has 40 heavy (non-hydrogen) atoms. The van der Waals surface area contributed by atoms with E-state index in [1.54, 1.807) is 11.4 Å². The lowest BCUT2D eigenvalue weighted by atomic mass is 9.99. The van der Waals surface area contributed by atoms with Crippen LogP contribution in [-0.2, 0) is 26.1 Å². The fraction of sp³-hybridized carbons (Fsp3) is 0.448. The van der Waals surface area contributed by atoms with Crippen molar-refractivity contribution in [3.05, 3.63) is 59.8 Å². The highest BCUT2D eigenvalue weighted by molar-refractivity contribution is 7.88. The number of carbonyl (C=O) groups is 1. The molecule has 0 atom stereocenters. The number of nitrogens with zero attached hydrogens (tertiary/aromatic N) is 3. The number of hydrogen-bond acceptors (Lipinski definition) is 6. The summed E-state index contributed by atoms with van der Waals surface area (Å²) < 4.78 is 33.1. The zero-order chi connectivity index (χ0) is 28.4. The van der Waals surface area contributed by atoms with Gasteiger partial charge in [0.1, 0.15) is 4.99 Å². The smallest absolute Gasteiger partial charge is 0.225 e. The van der Waals surface area contributed by atoms with Gasteiger partial charge in [0.2, 0.25) is 15.9 Å². The van der Waals surface area contributed by atoms with E-state index in [1.165, 1.54) is 6.26 Å². The van der Waals surface area contributed by atoms with Crippen molar-refractivity contribution in [1.82, 2.24) is 19.1 Å². The van der Waals surface area contributed by atoms with Gasteiger partial charge >= 0.3 is 0 Å². The number of aromatic nitrogens is 1. The Morgan fingerprint density at radius 1 is 1.15 bits per heavy atom. The lowest BCUT2D eigenvalue weighted by molar-refractivity contribution is -0.130. The molecule has 0 bridgehead atoms. The molecule has 3 aromatic rings. The van der Waals surface area contributed by atoms with Gasteiger partial charge in [-0.05, 0) is 36.1 Å². The zero-order valence-corrected chi connectivity index (χ0v) is 24.6. The topological polar surface area (TPSA) is 110 Å². The molecule has 0 radical (unpaired) electrons. The molecule has 3 N–H and O–H groups in total. The number of nitrogens with one attached hydrogen (secondary N) is 1. The van der Waals surface area contributed by atoms with Gasteiger partial charge in [0.05, 0.1) is 18.8 Å². The summed E-state index contributed by atoms with van der Waals surface area (Å²) >= 11 is 5.22. The van der Waals surface area contributed by atoms with Crippen molar-refractivity contribution in [2.24, 2.45) is 11.7 Å². The summed E-state index contributed by atoms with van der Waals surface area (Å²) in [6, 6.07) is 14.4. The molecule has 0 spiro atoms. The second-order valence-electron chi connectivity index (χ2n) is 10.8. The summed E-state index contributed by atoms with van der Waals surface area (Å²) in [5.41, 5.74) is 10.9. The normalized spacial score (nSPS) is 17.6. The fourth-order valence-electron chi connectivity index (χ4n) is 5.70. The summed E-state index contributed by atoms with van der Waals surface area (Å²) in [6.45, 7) is 4.48. The van der Waals surface area contributed by atoms with Crippen LogP contribution in [0.5, 0.6) is 0 Å². The number of fused-ring (bicyclic) bond motifs is 1. The Kier molecular flexibility index (Phi) is 8.58. The molecule has 2 aliphatic rings. The number of amides is 1. The Labute approximate surface area is 241 Å². The lowest BCUT2D eigenvalue weighted by Gasteiger charge is -2.37. The minimum atomic E-state index is -3.21. The Morgan fingerprint density at radius 3 is 2.58 bits per heavy atom. The molecule has 214 valence electrons. The Hall–Kier alpha value is -2.83. The molecule has 2 saturated heterocycles. The van der Waals surface area contributed by atoms with Crippen LogP contribution in [0.25, 0.3) is 22.0 Å². The number of methoxy groups -OCH3 is 1. The number of thiocarbonyl (C=S) groups is 1. The van der Waals surface area contributed by atoms with Crippen LogP contribution in [0.15, 0.2) is 48.7 Å². The second kappa shape index (κ2) is 12.0. The second-order valence-corrected chi connectivity index (χ2v) is 13.2. The number of nitrogens with two attached hydrogens (primary N) is 1. The first-order valence-electron chi connectivity index (χ1n) is 13.6. The third-order valence-corrected chi connectivity index (χ3v) is 9.59. The maximum atomic E-state index is 12.7. The van der Waals surface area contributed by atoms with Gasteiger partial charge in [0.15, 0.2) is 0 Å². The standard InChI is InChI=1S/C29H37N5O4S2/c1-38-13-12-32-17-23(18-32)29(35)31-16-20-6-7-25-26(21-4-3-5-22(15-21)28(30)39)19-34(27(25)14-20)24-8-10-33(11-9-24)40(2,36)37/h3-7,14-15,19,23-24H,8-13,16-18H2,1-2H3,(H2,30,39)(H,31,35). The number of likely N-dealkylation sites (tertiary alicyclic amines) is 1. The van der Waals surface area contributed by atoms with Gasteiger partial charge in [0, 0.05) is 80.6 Å². The molecule has 0 saturated carbocycles. The summed E-state index contributed by atoms with van der Waals surface area (Å²) in [5.74, 6) is 0.0875. The minimum Gasteiger partial charge on any atom is -0.389 e. The maximum absolute atomic E-state index is 12.7. The number of rotatable bonds is 10. The number of benzene rings is 2. The van der Waals surface area contributed by atoms with Crippen molar-refractivity contribution >= 4 is 44.0 Å². The molecule has 2 aromatic carbocycles. The number of carbonyl (C=O) groups excluding carboxylic acids is 1. The van der Waals surface area contributed by atoms with E-state index < -0.39 is 10.0 Å². The first-order valence-corrected chi connectivity index (χ1v) is 15.9. The quantitative estimate of drug-likeness (QED) is 0.353. The van der Waals surface area contributed by atoms with Crippen LogP contribution < -0.4 is 11.1 Å². The average Bonchev–Trinajstić information content (AvgIpc) is 3.29. The van der Waals surface area contributed by atoms with Crippen molar-refractivity contribution < 1.29 is 17.9 Å². The van der Waals surface area contributed by atoms with E-state index in [0.717, 1.165) is 65.6 Å². The van der Waals surface area contributed by atoms with E-state index in [0.29, 0.717) is 31.2 Å². The number of hydrogen-bond donors (Lipinski definition) is 2. The summed E-state index contributed by atoms with van der Waals surface area (Å²) in [7, 11) is -1.52. The van der Waals surface area contributed by atoms with Crippen molar-refractivity contribution in [3.63, 3.8) is 0 Å². The van der Waals surface area contributed by atoms with Gasteiger partial charge in [0.25, 0.3) is 0 Å². The Morgan fingerprint density at radius 2 is 1.90 bits per heavy atom. The largest absolute Gasteiger partial charge is 0.389 e. The zero-order valence-electron chi connectivity index (χ0n) is 23.0. The number of ether oxygens (including phenoxy) is 1. The highest BCUT2D eigenvalue weighted by Gasteiger charge is 2.32. The van der Waals surface area contributed by atoms with E-state index in [4.69, 9.17) is 22.7 Å². The van der Waals surface area contributed by atoms with Crippen LogP contribution >= 0.6 is 12.2 Å². The van der Waals surface area contributed by atoms with Crippen molar-refractivity contribution in [1.29, 1.82) is 0 Å². The summed E-state index contributed by atoms with van der Waals surface area (Å²) in [5, 5.41) is 4.21. The predicted octanol–water partition coefficient (Wildman–Crippen LogP) is 2.73. The fourth-order valence-corrected chi connectivity index (χ4v) is 6.70. The van der Waals surface area contributed by atoms with Gasteiger partial charge < -0.3 is 20.4 Å². The third kappa shape index (κ3) is 6.23. The van der Waals surface area contributed by atoms with Crippen LogP contribution in [0.1, 0.15) is 30.0 Å². The van der Waals surface area contributed by atoms with Crippen molar-refractivity contribution in [3.8, 4) is 11.1 Å². The van der Waals surface area contributed by atoms with Gasteiger partial charge in [-0.2, -0.15) is 0 Å². The minimum absolute atomic E-state index is 0.0111. The van der Waals surface area contributed by atoms with E-state index in [9.17, 15) is 13.2 Å². The highest BCUT2D eigenvalue weighted by atomic mass is 32.2. The molecule has 2 fully saturated rings. The van der Waals surface area contributed by atoms with E-state index in [-0.39, 0.29) is 17.9 Å². The van der Waals surface area contributed by atoms with Gasteiger partial charge in [-0.3, -0.25) is 9.69 Å². The number of piperidine rings is 1. The number of sulfonamides is 1. The van der Waals surface area contributed by atoms with Gasteiger partial charge in [-0.15, -0.1) is 0 Å². The molecule has 11 heteroatoms. The highest BCUT2D eigenvalue weighted by Crippen LogP contribution is 2.36. The molecule has 2 aliphatic heterocycles. The van der Waals surface area contributed by atoms with Crippen molar-refractivity contribution in [2.75, 3.05) is 52.7 Å². The summed E-state index contributed by atoms with van der Waals surface area (Å²) in [4.78, 5) is 15.3. The summed E-state index contributed by atoms with van der Waals surface area (Å²) in [6.07, 6.45) is 4.89. The van der Waals surface area contributed by atoms with E-state index in [1.807, 2.05) is 18.2 Å². The maximum Gasteiger partial charge on any atom is 0.225 e. The van der Waals surface area contributed by atoms with Gasteiger partial charge in [-0.25, -0.2) is 12.7 Å². The first kappa shape index (κ1) is 28.7. The van der Waals surface area contributed by atoms with Crippen LogP contribution in [0.4, 0.5) is 0 Å². The van der Waals surface area contributed by atoms with Gasteiger partial charge in [-0.1, -0.05) is 42.5 Å². The molecule has 1 amide bonds. The lowest BCUT2D eigenvalue weighted by Crippen LogP contribution is -2.54. The molecule has 0 aliphatic carbocycles. The molecule has 1 aromatic heterocycles. The van der Waals surface area contributed by atoms with Crippen LogP contribution in [0, 0.1) is 5.92 Å². The van der Waals surface area contributed by atoms with Crippen LogP contribution in [0.3, 0.4) is 0 Å². The van der Waals surface area contributed by atoms with E-state index in [2.05, 4.69) is 45.2 Å². The molecular weight excluding hydrogens is 546 g/mol. The van der Waals surface area contributed by atoms with E-state index >= 15 is 0 Å². The SMILES string of the molecule is COCCN1CC(C(=O)NCc2ccc3c(-c4cccc(C(N)=S)c4)cn(C4CCN(S(C)(=O)=O)CC4)c3c2)C1. The van der Waals surface area contributed by atoms with Crippen LogP contribution in [0.2, 0.25) is 0 Å². The molecule has 0 unspecified atom stereocenters. The molecule has 5 rings (SSSR count). The molecular formula is C29H37N5O4S2. The predicted molar refractivity (Wildman–Crippen MR) is 162 cm³/mol. The Balaban J connectivity index is 1.39. The monoisotopic (exact) mass is 583 g/mol. The van der Waals surface area contributed by atoms with Crippen molar-refractivity contribution in [2.45, 2.75) is 25.4 Å².